The Labute approximate surface area is 364 Å². The highest BCUT2D eigenvalue weighted by Gasteiger charge is 2.50. The number of ether oxygens (including phenoxy) is 3. The number of aromatic nitrogens is 2. The molecule has 1 aromatic carbocycles. The number of likely N-dealkylation sites (tertiary alicyclic amines) is 2. The van der Waals surface area contributed by atoms with Gasteiger partial charge in [0, 0.05) is 60.3 Å². The fourth-order valence-electron chi connectivity index (χ4n) is 10.6. The second-order valence-corrected chi connectivity index (χ2v) is 17.7. The van der Waals surface area contributed by atoms with Crippen LogP contribution in [-0.4, -0.2) is 105 Å². The van der Waals surface area contributed by atoms with E-state index in [1.54, 1.807) is 28.5 Å². The molecule has 0 bridgehead atoms. The molecule has 1 aliphatic carbocycles. The van der Waals surface area contributed by atoms with Crippen LogP contribution in [-0.2, 0) is 58.6 Å². The van der Waals surface area contributed by atoms with E-state index in [9.17, 15) is 33.6 Å². The van der Waals surface area contributed by atoms with Gasteiger partial charge in [-0.3, -0.25) is 28.9 Å². The minimum atomic E-state index is -1.93. The van der Waals surface area contributed by atoms with Crippen LogP contribution in [0.5, 0.6) is 5.75 Å². The van der Waals surface area contributed by atoms with Gasteiger partial charge in [0.1, 0.15) is 18.9 Å². The van der Waals surface area contributed by atoms with Crippen molar-refractivity contribution in [2.24, 2.45) is 11.8 Å². The summed E-state index contributed by atoms with van der Waals surface area (Å²) in [5, 5.41) is 3.48. The van der Waals surface area contributed by atoms with Crippen LogP contribution in [0.25, 0.3) is 22.3 Å². The van der Waals surface area contributed by atoms with Crippen molar-refractivity contribution in [2.75, 3.05) is 39.3 Å². The zero-order valence-electron chi connectivity index (χ0n) is 35.9. The summed E-state index contributed by atoms with van der Waals surface area (Å²) in [6.45, 7) is 7.02. The van der Waals surface area contributed by atoms with Gasteiger partial charge in [-0.25, -0.2) is 14.6 Å². The van der Waals surface area contributed by atoms with Crippen molar-refractivity contribution in [1.82, 2.24) is 29.6 Å². The number of amides is 4. The summed E-state index contributed by atoms with van der Waals surface area (Å²) in [6, 6.07) is 7.60. The molecule has 1 unspecified atom stereocenters. The van der Waals surface area contributed by atoms with Crippen molar-refractivity contribution in [2.45, 2.75) is 109 Å². The molecule has 63 heavy (non-hydrogen) atoms. The van der Waals surface area contributed by atoms with E-state index in [0.717, 1.165) is 42.4 Å². The van der Waals surface area contributed by atoms with Gasteiger partial charge in [-0.05, 0) is 113 Å². The lowest BCUT2D eigenvalue weighted by atomic mass is 9.81. The number of hydrogen-bond donors (Lipinski definition) is 1. The average Bonchev–Trinajstić information content (AvgIpc) is 3.83. The Morgan fingerprint density at radius 1 is 0.889 bits per heavy atom. The first kappa shape index (κ1) is 42.4. The second kappa shape index (κ2) is 17.3. The summed E-state index contributed by atoms with van der Waals surface area (Å²) in [5.74, 6) is -2.52. The van der Waals surface area contributed by atoms with Gasteiger partial charge in [-0.1, -0.05) is 20.3 Å². The summed E-state index contributed by atoms with van der Waals surface area (Å²) in [6.07, 6.45) is 10.7. The molecule has 2 saturated heterocycles. The highest BCUT2D eigenvalue weighted by molar-refractivity contribution is 6.12. The number of benzene rings is 1. The number of esters is 2. The van der Waals surface area contributed by atoms with Gasteiger partial charge in [-0.2, -0.15) is 0 Å². The molecular weight excluding hydrogens is 809 g/mol. The first-order chi connectivity index (χ1) is 30.5. The van der Waals surface area contributed by atoms with E-state index in [1.807, 2.05) is 19.1 Å². The number of cyclic esters (lactones) is 1. The number of hydrogen-bond acceptors (Lipinski definition) is 12. The molecule has 2 aromatic heterocycles. The van der Waals surface area contributed by atoms with Crippen LogP contribution in [0.3, 0.4) is 0 Å². The van der Waals surface area contributed by atoms with Crippen LogP contribution in [0.1, 0.15) is 100 Å². The quantitative estimate of drug-likeness (QED) is 0.174. The smallest absolute Gasteiger partial charge is 0.415 e. The minimum Gasteiger partial charge on any atom is -0.457 e. The number of carbonyl (C=O) groups excluding carboxylic acids is 6. The molecule has 16 nitrogen and oxygen atoms in total. The minimum absolute atomic E-state index is 0.0286. The molecule has 7 heterocycles. The van der Waals surface area contributed by atoms with Crippen molar-refractivity contribution >= 4 is 46.7 Å². The first-order valence-electron chi connectivity index (χ1n) is 22.6. The third kappa shape index (κ3) is 7.91. The molecule has 9 rings (SSSR count). The Morgan fingerprint density at radius 3 is 2.32 bits per heavy atom. The van der Waals surface area contributed by atoms with Gasteiger partial charge in [0.25, 0.3) is 17.4 Å². The lowest BCUT2D eigenvalue weighted by Gasteiger charge is -2.39. The summed E-state index contributed by atoms with van der Waals surface area (Å²) in [5.41, 5.74) is 1.62. The zero-order chi connectivity index (χ0) is 44.0. The molecule has 3 fully saturated rings. The Balaban J connectivity index is 0.889. The fraction of sp³-hybridized carbons (Fsp3) is 0.532. The van der Waals surface area contributed by atoms with E-state index in [1.165, 1.54) is 36.3 Å². The number of carbonyl (C=O) groups is 6. The van der Waals surface area contributed by atoms with Gasteiger partial charge < -0.3 is 33.9 Å². The number of fused-ring (bicyclic) bond motifs is 5. The van der Waals surface area contributed by atoms with Crippen LogP contribution < -0.4 is 15.6 Å². The molecule has 16 heteroatoms. The number of pyridine rings is 2. The molecule has 0 spiro atoms. The molecule has 1 atom stereocenters. The average molecular weight is 863 g/mol. The number of aryl methyl sites for hydroxylation is 1. The highest BCUT2D eigenvalue weighted by Crippen LogP contribution is 2.43. The van der Waals surface area contributed by atoms with Gasteiger partial charge >= 0.3 is 18.0 Å². The summed E-state index contributed by atoms with van der Waals surface area (Å²) in [4.78, 5) is 103. The Hall–Kier alpha value is -5.90. The first-order valence-corrected chi connectivity index (χ1v) is 22.6. The van der Waals surface area contributed by atoms with E-state index in [0.29, 0.717) is 80.4 Å². The fourth-order valence-corrected chi connectivity index (χ4v) is 10.6. The van der Waals surface area contributed by atoms with Crippen LogP contribution in [0.2, 0.25) is 0 Å². The van der Waals surface area contributed by atoms with Crippen LogP contribution in [0.4, 0.5) is 4.79 Å². The maximum atomic E-state index is 14.3. The van der Waals surface area contributed by atoms with Gasteiger partial charge in [0.15, 0.2) is 0 Å². The predicted octanol–water partition coefficient (Wildman–Crippen LogP) is 4.49. The standard InChI is InChI=1S/C47H54N6O10/c1-3-32-33-22-31(62-46(60)51-20-16-30(17-21-51)50-18-6-5-7-19-50)12-13-37(33)49-42-34(32)26-52-38(42)23-36-35(44(52)58)27-61-45(59)47(36,4-2)63-41(56)24-48-43(57)29-10-8-28(9-11-29)25-53-39(54)14-15-40(53)55/h12-15,22-23,28-30H,3-11,16-21,24-27H2,1-2H3,(H,48,57). The van der Waals surface area contributed by atoms with E-state index >= 15 is 0 Å². The number of imide groups is 1. The molecule has 1 saturated carbocycles. The molecular formula is C47H54N6O10. The second-order valence-electron chi connectivity index (χ2n) is 17.7. The molecule has 1 N–H and O–H groups in total. The predicted molar refractivity (Wildman–Crippen MR) is 228 cm³/mol. The topological polar surface area (TPSA) is 187 Å². The summed E-state index contributed by atoms with van der Waals surface area (Å²) >= 11 is 0. The maximum Gasteiger partial charge on any atom is 0.415 e. The van der Waals surface area contributed by atoms with E-state index in [2.05, 4.69) is 10.2 Å². The van der Waals surface area contributed by atoms with Gasteiger partial charge in [0.05, 0.1) is 29.0 Å². The van der Waals surface area contributed by atoms with Gasteiger partial charge in [0.2, 0.25) is 11.5 Å². The number of piperidine rings is 2. The molecule has 332 valence electrons. The van der Waals surface area contributed by atoms with Crippen molar-refractivity contribution in [3.05, 3.63) is 69.0 Å². The molecule has 5 aliphatic heterocycles. The Morgan fingerprint density at radius 2 is 1.62 bits per heavy atom. The number of rotatable bonds is 10. The molecule has 4 amide bonds. The largest absolute Gasteiger partial charge is 0.457 e. The van der Waals surface area contributed by atoms with Crippen LogP contribution in [0, 0.1) is 11.8 Å². The number of nitrogens with zero attached hydrogens (tertiary/aromatic N) is 5. The maximum absolute atomic E-state index is 14.3. The SMILES string of the molecule is CCc1c2c(nc3ccc(OC(=O)N4CCC(N5CCCCC5)CC4)cc13)-c1cc3c(c(=O)n1C2)COC(=O)C3(CC)OC(=O)CNC(=O)C1CCC(CN2C(=O)C=CC2=O)CC1. The van der Waals surface area contributed by atoms with Crippen molar-refractivity contribution < 1.29 is 43.0 Å². The highest BCUT2D eigenvalue weighted by atomic mass is 16.6. The van der Waals surface area contributed by atoms with Crippen LogP contribution >= 0.6 is 0 Å². The van der Waals surface area contributed by atoms with E-state index in [-0.39, 0.29) is 71.9 Å². The third-order valence-electron chi connectivity index (χ3n) is 14.2. The van der Waals surface area contributed by atoms with Crippen molar-refractivity contribution in [1.29, 1.82) is 0 Å². The summed E-state index contributed by atoms with van der Waals surface area (Å²) < 4.78 is 19.0. The van der Waals surface area contributed by atoms with Crippen molar-refractivity contribution in [3.8, 4) is 17.1 Å². The van der Waals surface area contributed by atoms with E-state index < -0.39 is 24.1 Å². The molecule has 0 radical (unpaired) electrons. The molecule has 3 aromatic rings. The van der Waals surface area contributed by atoms with Gasteiger partial charge in [-0.15, -0.1) is 0 Å². The lowest BCUT2D eigenvalue weighted by molar-refractivity contribution is -0.189. The van der Waals surface area contributed by atoms with E-state index in [4.69, 9.17) is 19.2 Å². The Bertz CT molecular complexity index is 2460. The molecule has 6 aliphatic rings. The third-order valence-corrected chi connectivity index (χ3v) is 14.2. The normalized spacial score (nSPS) is 23.6. The Kier molecular flexibility index (Phi) is 11.7. The van der Waals surface area contributed by atoms with Crippen LogP contribution in [0.15, 0.2) is 41.2 Å². The monoisotopic (exact) mass is 862 g/mol. The zero-order valence-corrected chi connectivity index (χ0v) is 35.9. The van der Waals surface area contributed by atoms with Crippen molar-refractivity contribution in [3.63, 3.8) is 0 Å². The summed E-state index contributed by atoms with van der Waals surface area (Å²) in [7, 11) is 0. The lowest BCUT2D eigenvalue weighted by Crippen LogP contribution is -2.49. The number of nitrogens with one attached hydrogen (secondary N) is 1.